The number of rotatable bonds is 2. The Bertz CT molecular complexity index is 197. The molecule has 3 nitrogen and oxygen atoms in total. The summed E-state index contributed by atoms with van der Waals surface area (Å²) in [4.78, 5) is 5.19. The topological polar surface area (TPSA) is 32.5 Å². The van der Waals surface area contributed by atoms with Crippen LogP contribution in [0.4, 0.5) is 0 Å². The van der Waals surface area contributed by atoms with Crippen molar-refractivity contribution in [2.75, 3.05) is 26.2 Å². The van der Waals surface area contributed by atoms with Gasteiger partial charge in [0, 0.05) is 44.3 Å². The Morgan fingerprint density at radius 2 is 1.73 bits per heavy atom. The van der Waals surface area contributed by atoms with Crippen LogP contribution in [0.15, 0.2) is 0 Å². The van der Waals surface area contributed by atoms with Crippen molar-refractivity contribution in [1.29, 1.82) is 0 Å². The van der Waals surface area contributed by atoms with Gasteiger partial charge in [0.05, 0.1) is 0 Å². The molecule has 0 unspecified atom stereocenters. The minimum Gasteiger partial charge on any atom is -0.326 e. The third-order valence-electron chi connectivity index (χ3n) is 4.08. The zero-order valence-corrected chi connectivity index (χ0v) is 10.2. The molecular weight excluding hydrogens is 186 g/mol. The molecule has 0 bridgehead atoms. The fourth-order valence-electron chi connectivity index (χ4n) is 3.01. The van der Waals surface area contributed by atoms with E-state index in [0.29, 0.717) is 18.1 Å². The summed E-state index contributed by atoms with van der Waals surface area (Å²) in [5.74, 6) is 0. The quantitative estimate of drug-likeness (QED) is 0.736. The summed E-state index contributed by atoms with van der Waals surface area (Å²) < 4.78 is 0. The highest BCUT2D eigenvalue weighted by molar-refractivity contribution is 4.90. The van der Waals surface area contributed by atoms with Crippen LogP contribution in [0.2, 0.25) is 0 Å². The summed E-state index contributed by atoms with van der Waals surface area (Å²) in [7, 11) is 0. The third kappa shape index (κ3) is 2.52. The summed E-state index contributed by atoms with van der Waals surface area (Å²) in [5.41, 5.74) is 6.15. The van der Waals surface area contributed by atoms with Crippen LogP contribution in [-0.2, 0) is 0 Å². The molecule has 1 saturated carbocycles. The molecule has 2 rings (SSSR count). The summed E-state index contributed by atoms with van der Waals surface area (Å²) in [6.07, 6.45) is 3.88. The minimum atomic E-state index is 0.440. The largest absolute Gasteiger partial charge is 0.326 e. The number of nitrogens with zero attached hydrogens (tertiary/aromatic N) is 2. The molecule has 0 radical (unpaired) electrons. The molecule has 3 heteroatoms. The number of nitrogens with two attached hydrogens (primary N) is 1. The maximum Gasteiger partial charge on any atom is 0.0248 e. The van der Waals surface area contributed by atoms with Crippen molar-refractivity contribution < 1.29 is 0 Å². The van der Waals surface area contributed by atoms with E-state index in [1.807, 2.05) is 0 Å². The van der Waals surface area contributed by atoms with Crippen molar-refractivity contribution in [2.24, 2.45) is 5.73 Å². The van der Waals surface area contributed by atoms with Crippen molar-refractivity contribution in [2.45, 2.75) is 51.2 Å². The standard InChI is InChI=1S/C12H25N3/c1-10(2)14-6-8-15(9-7-14)12-5-3-4-11(12)13/h10-12H,3-9,13H2,1-2H3/t11-,12-/m0/s1. The second kappa shape index (κ2) is 4.81. The zero-order valence-electron chi connectivity index (χ0n) is 10.2. The number of piperazine rings is 1. The van der Waals surface area contributed by atoms with Crippen molar-refractivity contribution in [3.05, 3.63) is 0 Å². The normalized spacial score (nSPS) is 35.2. The molecule has 0 aromatic heterocycles. The molecule has 1 aliphatic heterocycles. The van der Waals surface area contributed by atoms with Crippen LogP contribution >= 0.6 is 0 Å². The molecule has 88 valence electrons. The molecule has 0 spiro atoms. The fraction of sp³-hybridized carbons (Fsp3) is 1.00. The first-order valence-corrected chi connectivity index (χ1v) is 6.42. The van der Waals surface area contributed by atoms with Gasteiger partial charge in [-0.2, -0.15) is 0 Å². The lowest BCUT2D eigenvalue weighted by Crippen LogP contribution is -2.55. The van der Waals surface area contributed by atoms with Gasteiger partial charge in [-0.1, -0.05) is 6.42 Å². The molecule has 0 aromatic carbocycles. The van der Waals surface area contributed by atoms with Gasteiger partial charge < -0.3 is 5.73 Å². The lowest BCUT2D eigenvalue weighted by Gasteiger charge is -2.40. The van der Waals surface area contributed by atoms with E-state index in [4.69, 9.17) is 5.73 Å². The summed E-state index contributed by atoms with van der Waals surface area (Å²) >= 11 is 0. The highest BCUT2D eigenvalue weighted by Gasteiger charge is 2.31. The molecule has 1 aliphatic carbocycles. The van der Waals surface area contributed by atoms with Crippen LogP contribution in [0.1, 0.15) is 33.1 Å². The predicted molar refractivity (Wildman–Crippen MR) is 63.9 cm³/mol. The Kier molecular flexibility index (Phi) is 3.65. The van der Waals surface area contributed by atoms with E-state index in [-0.39, 0.29) is 0 Å². The summed E-state index contributed by atoms with van der Waals surface area (Å²) in [6.45, 7) is 9.46. The molecule has 0 amide bonds. The smallest absolute Gasteiger partial charge is 0.0248 e. The molecule has 2 atom stereocenters. The van der Waals surface area contributed by atoms with Crippen LogP contribution in [0.25, 0.3) is 0 Å². The van der Waals surface area contributed by atoms with Gasteiger partial charge >= 0.3 is 0 Å². The van der Waals surface area contributed by atoms with E-state index in [0.717, 1.165) is 0 Å². The van der Waals surface area contributed by atoms with Gasteiger partial charge in [0.2, 0.25) is 0 Å². The van der Waals surface area contributed by atoms with Gasteiger partial charge in [-0.25, -0.2) is 0 Å². The first-order valence-electron chi connectivity index (χ1n) is 6.42. The highest BCUT2D eigenvalue weighted by Crippen LogP contribution is 2.23. The van der Waals surface area contributed by atoms with E-state index in [2.05, 4.69) is 23.6 Å². The molecule has 1 heterocycles. The van der Waals surface area contributed by atoms with Gasteiger partial charge in [-0.05, 0) is 26.7 Å². The van der Waals surface area contributed by atoms with Gasteiger partial charge in [0.15, 0.2) is 0 Å². The van der Waals surface area contributed by atoms with Crippen molar-refractivity contribution >= 4 is 0 Å². The molecule has 1 saturated heterocycles. The van der Waals surface area contributed by atoms with Crippen molar-refractivity contribution in [3.63, 3.8) is 0 Å². The maximum atomic E-state index is 6.15. The Morgan fingerprint density at radius 1 is 1.07 bits per heavy atom. The van der Waals surface area contributed by atoms with Crippen LogP contribution in [-0.4, -0.2) is 54.1 Å². The van der Waals surface area contributed by atoms with Crippen molar-refractivity contribution in [3.8, 4) is 0 Å². The van der Waals surface area contributed by atoms with Crippen LogP contribution in [0.5, 0.6) is 0 Å². The Labute approximate surface area is 93.6 Å². The van der Waals surface area contributed by atoms with Crippen LogP contribution in [0.3, 0.4) is 0 Å². The van der Waals surface area contributed by atoms with Crippen molar-refractivity contribution in [1.82, 2.24) is 9.80 Å². The van der Waals surface area contributed by atoms with E-state index in [1.54, 1.807) is 0 Å². The van der Waals surface area contributed by atoms with Crippen LogP contribution < -0.4 is 5.73 Å². The maximum absolute atomic E-state index is 6.15. The first kappa shape index (κ1) is 11.4. The Hall–Kier alpha value is -0.120. The first-order chi connectivity index (χ1) is 7.18. The van der Waals surface area contributed by atoms with Gasteiger partial charge in [0.25, 0.3) is 0 Å². The molecule has 15 heavy (non-hydrogen) atoms. The summed E-state index contributed by atoms with van der Waals surface area (Å²) in [6, 6.07) is 1.82. The monoisotopic (exact) mass is 211 g/mol. The highest BCUT2D eigenvalue weighted by atomic mass is 15.3. The minimum absolute atomic E-state index is 0.440. The summed E-state index contributed by atoms with van der Waals surface area (Å²) in [5, 5.41) is 0. The lowest BCUT2D eigenvalue weighted by atomic mass is 10.1. The Morgan fingerprint density at radius 3 is 2.20 bits per heavy atom. The van der Waals surface area contributed by atoms with E-state index in [1.165, 1.54) is 45.4 Å². The third-order valence-corrected chi connectivity index (χ3v) is 4.08. The zero-order chi connectivity index (χ0) is 10.8. The lowest BCUT2D eigenvalue weighted by molar-refractivity contribution is 0.0750. The average molecular weight is 211 g/mol. The van der Waals surface area contributed by atoms with Gasteiger partial charge in [0.1, 0.15) is 0 Å². The SMILES string of the molecule is CC(C)N1CCN([C@H]2CCC[C@@H]2N)CC1. The predicted octanol–water partition coefficient (Wildman–Crippen LogP) is 0.892. The number of hydrogen-bond acceptors (Lipinski definition) is 3. The molecule has 2 N–H and O–H groups in total. The number of hydrogen-bond donors (Lipinski definition) is 1. The van der Waals surface area contributed by atoms with Gasteiger partial charge in [-0.15, -0.1) is 0 Å². The van der Waals surface area contributed by atoms with E-state index in [9.17, 15) is 0 Å². The molecule has 2 fully saturated rings. The molecule has 2 aliphatic rings. The van der Waals surface area contributed by atoms with E-state index < -0.39 is 0 Å². The average Bonchev–Trinajstić information content (AvgIpc) is 2.65. The molecular formula is C12H25N3. The second-order valence-electron chi connectivity index (χ2n) is 5.33. The van der Waals surface area contributed by atoms with Gasteiger partial charge in [-0.3, -0.25) is 9.80 Å². The fourth-order valence-corrected chi connectivity index (χ4v) is 3.01. The second-order valence-corrected chi connectivity index (χ2v) is 5.33. The molecule has 0 aromatic rings. The van der Waals surface area contributed by atoms with Crippen LogP contribution in [0, 0.1) is 0 Å². The van der Waals surface area contributed by atoms with E-state index >= 15 is 0 Å². The Balaban J connectivity index is 1.82.